The van der Waals surface area contributed by atoms with Gasteiger partial charge in [0.1, 0.15) is 4.88 Å². The number of amides is 1. The molecule has 0 bridgehead atoms. The zero-order chi connectivity index (χ0) is 20.1. The second-order valence-corrected chi connectivity index (χ2v) is 10.1. The number of carbonyl (C=O) groups excluding carboxylic acids is 1. The molecule has 6 nitrogen and oxygen atoms in total. The number of sulfonamides is 1. The van der Waals surface area contributed by atoms with Crippen LogP contribution in [0.25, 0.3) is 0 Å². The molecule has 0 unspecified atom stereocenters. The molecule has 1 aliphatic heterocycles. The summed E-state index contributed by atoms with van der Waals surface area (Å²) in [7, 11) is -3.47. The van der Waals surface area contributed by atoms with E-state index in [9.17, 15) is 13.2 Å². The molecular weight excluding hydrogens is 394 g/mol. The van der Waals surface area contributed by atoms with Crippen LogP contribution >= 0.6 is 11.3 Å². The van der Waals surface area contributed by atoms with Crippen LogP contribution in [0.1, 0.15) is 58.5 Å². The van der Waals surface area contributed by atoms with Crippen LogP contribution in [-0.2, 0) is 23.0 Å². The Bertz CT molecular complexity index is 932. The first-order valence-corrected chi connectivity index (χ1v) is 12.0. The van der Waals surface area contributed by atoms with Crippen LogP contribution in [0.15, 0.2) is 29.2 Å². The standard InChI is InChI=1S/C20H27N3O3S2/c1-3-8-18-22-15(2)19(27-18)20(24)21-14-16-9-7-10-17(13-16)28(25,26)23-11-5-4-6-12-23/h7,9-10,13H,3-6,8,11-12,14H2,1-2H3,(H,21,24). The number of hydrogen-bond acceptors (Lipinski definition) is 5. The normalized spacial score (nSPS) is 15.5. The van der Waals surface area contributed by atoms with Crippen molar-refractivity contribution in [3.63, 3.8) is 0 Å². The maximum atomic E-state index is 12.8. The summed E-state index contributed by atoms with van der Waals surface area (Å²) in [5.74, 6) is -0.165. The summed E-state index contributed by atoms with van der Waals surface area (Å²) >= 11 is 1.43. The number of hydrogen-bond donors (Lipinski definition) is 1. The topological polar surface area (TPSA) is 79.4 Å². The Kier molecular flexibility index (Phi) is 6.85. The Morgan fingerprint density at radius 2 is 2.00 bits per heavy atom. The highest BCUT2D eigenvalue weighted by Crippen LogP contribution is 2.22. The van der Waals surface area contributed by atoms with E-state index in [1.807, 2.05) is 13.0 Å². The molecule has 0 radical (unpaired) electrons. The van der Waals surface area contributed by atoms with Crippen molar-refractivity contribution >= 4 is 27.3 Å². The molecule has 0 saturated carbocycles. The monoisotopic (exact) mass is 421 g/mol. The minimum Gasteiger partial charge on any atom is -0.347 e. The van der Waals surface area contributed by atoms with Crippen molar-refractivity contribution in [2.24, 2.45) is 0 Å². The summed E-state index contributed by atoms with van der Waals surface area (Å²) < 4.78 is 27.2. The van der Waals surface area contributed by atoms with E-state index in [-0.39, 0.29) is 12.5 Å². The number of aryl methyl sites for hydroxylation is 2. The van der Waals surface area contributed by atoms with Crippen LogP contribution in [0.5, 0.6) is 0 Å². The van der Waals surface area contributed by atoms with Gasteiger partial charge in [0.05, 0.1) is 15.6 Å². The second kappa shape index (κ2) is 9.15. The van der Waals surface area contributed by atoms with E-state index in [1.165, 1.54) is 11.3 Å². The lowest BCUT2D eigenvalue weighted by molar-refractivity contribution is 0.0954. The molecule has 1 aliphatic rings. The van der Waals surface area contributed by atoms with Gasteiger partial charge in [-0.15, -0.1) is 11.3 Å². The van der Waals surface area contributed by atoms with Gasteiger partial charge >= 0.3 is 0 Å². The quantitative estimate of drug-likeness (QED) is 0.742. The summed E-state index contributed by atoms with van der Waals surface area (Å²) in [6.45, 7) is 5.36. The van der Waals surface area contributed by atoms with E-state index >= 15 is 0 Å². The van der Waals surface area contributed by atoms with Gasteiger partial charge in [-0.3, -0.25) is 4.79 Å². The zero-order valence-electron chi connectivity index (χ0n) is 16.4. The number of thiazole rings is 1. The molecule has 1 aromatic heterocycles. The Morgan fingerprint density at radius 1 is 1.25 bits per heavy atom. The highest BCUT2D eigenvalue weighted by Gasteiger charge is 2.26. The molecule has 0 aliphatic carbocycles. The Balaban J connectivity index is 1.68. The van der Waals surface area contributed by atoms with Gasteiger partial charge in [-0.2, -0.15) is 4.31 Å². The highest BCUT2D eigenvalue weighted by atomic mass is 32.2. The number of piperidine rings is 1. The largest absolute Gasteiger partial charge is 0.347 e. The van der Waals surface area contributed by atoms with E-state index in [2.05, 4.69) is 17.2 Å². The van der Waals surface area contributed by atoms with Crippen molar-refractivity contribution < 1.29 is 13.2 Å². The van der Waals surface area contributed by atoms with E-state index in [1.54, 1.807) is 22.5 Å². The van der Waals surface area contributed by atoms with Crippen molar-refractivity contribution in [1.82, 2.24) is 14.6 Å². The number of rotatable bonds is 7. The van der Waals surface area contributed by atoms with E-state index in [4.69, 9.17) is 0 Å². The van der Waals surface area contributed by atoms with Gasteiger partial charge in [0.15, 0.2) is 0 Å². The zero-order valence-corrected chi connectivity index (χ0v) is 18.0. The number of benzene rings is 1. The Hall–Kier alpha value is -1.77. The molecule has 1 fully saturated rings. The van der Waals surface area contributed by atoms with Crippen molar-refractivity contribution in [3.8, 4) is 0 Å². The summed E-state index contributed by atoms with van der Waals surface area (Å²) in [6.07, 6.45) is 4.75. The smallest absolute Gasteiger partial charge is 0.263 e. The van der Waals surface area contributed by atoms with Crippen LogP contribution in [0, 0.1) is 6.92 Å². The third-order valence-corrected chi connectivity index (χ3v) is 7.93. The first kappa shape index (κ1) is 21.0. The van der Waals surface area contributed by atoms with Crippen LogP contribution in [0.3, 0.4) is 0 Å². The summed E-state index contributed by atoms with van der Waals surface area (Å²) in [5, 5.41) is 3.86. The van der Waals surface area contributed by atoms with Crippen molar-refractivity contribution in [2.75, 3.05) is 13.1 Å². The predicted molar refractivity (Wildman–Crippen MR) is 111 cm³/mol. The van der Waals surface area contributed by atoms with Crippen LogP contribution < -0.4 is 5.32 Å². The lowest BCUT2D eigenvalue weighted by atomic mass is 10.2. The van der Waals surface area contributed by atoms with Gasteiger partial charge < -0.3 is 5.32 Å². The number of carbonyl (C=O) groups is 1. The average Bonchev–Trinajstić information content (AvgIpc) is 3.07. The first-order valence-electron chi connectivity index (χ1n) is 9.75. The van der Waals surface area contributed by atoms with Crippen molar-refractivity contribution in [2.45, 2.75) is 57.4 Å². The number of nitrogens with one attached hydrogen (secondary N) is 1. The SMILES string of the molecule is CCCc1nc(C)c(C(=O)NCc2cccc(S(=O)(=O)N3CCCCC3)c2)s1. The molecule has 3 rings (SSSR count). The summed E-state index contributed by atoms with van der Waals surface area (Å²) in [5.41, 5.74) is 1.51. The van der Waals surface area contributed by atoms with Gasteiger partial charge in [0, 0.05) is 19.6 Å². The second-order valence-electron chi connectivity index (χ2n) is 7.07. The molecule has 1 amide bonds. The maximum Gasteiger partial charge on any atom is 0.263 e. The third-order valence-electron chi connectivity index (χ3n) is 4.82. The van der Waals surface area contributed by atoms with Crippen molar-refractivity contribution in [1.29, 1.82) is 0 Å². The summed E-state index contributed by atoms with van der Waals surface area (Å²) in [6, 6.07) is 6.85. The summed E-state index contributed by atoms with van der Waals surface area (Å²) in [4.78, 5) is 17.9. The van der Waals surface area contributed by atoms with Gasteiger partial charge in [0.2, 0.25) is 10.0 Å². The fourth-order valence-electron chi connectivity index (χ4n) is 3.32. The van der Waals surface area contributed by atoms with E-state index in [0.717, 1.165) is 48.4 Å². The minimum atomic E-state index is -3.47. The lowest BCUT2D eigenvalue weighted by Gasteiger charge is -2.26. The highest BCUT2D eigenvalue weighted by molar-refractivity contribution is 7.89. The lowest BCUT2D eigenvalue weighted by Crippen LogP contribution is -2.35. The fourth-order valence-corrected chi connectivity index (χ4v) is 5.99. The molecule has 0 atom stereocenters. The molecule has 1 N–H and O–H groups in total. The Morgan fingerprint density at radius 3 is 2.71 bits per heavy atom. The van der Waals surface area contributed by atoms with Crippen LogP contribution in [0.2, 0.25) is 0 Å². The van der Waals surface area contributed by atoms with Crippen molar-refractivity contribution in [3.05, 3.63) is 45.4 Å². The molecule has 2 aromatic rings. The number of aromatic nitrogens is 1. The molecular formula is C20H27N3O3S2. The van der Waals surface area contributed by atoms with E-state index < -0.39 is 10.0 Å². The average molecular weight is 422 g/mol. The first-order chi connectivity index (χ1) is 13.4. The number of nitrogens with zero attached hydrogens (tertiary/aromatic N) is 2. The molecule has 2 heterocycles. The van der Waals surface area contributed by atoms with Crippen LogP contribution in [-0.4, -0.2) is 36.7 Å². The van der Waals surface area contributed by atoms with Gasteiger partial charge in [-0.1, -0.05) is 25.5 Å². The minimum absolute atomic E-state index is 0.165. The predicted octanol–water partition coefficient (Wildman–Crippen LogP) is 3.51. The molecule has 0 spiro atoms. The Labute approximate surface area is 171 Å². The molecule has 8 heteroatoms. The maximum absolute atomic E-state index is 12.8. The van der Waals surface area contributed by atoms with Gasteiger partial charge in [-0.05, 0) is 50.3 Å². The van der Waals surface area contributed by atoms with E-state index in [0.29, 0.717) is 22.9 Å². The molecule has 1 saturated heterocycles. The van der Waals surface area contributed by atoms with Crippen LogP contribution in [0.4, 0.5) is 0 Å². The molecule has 152 valence electrons. The van der Waals surface area contributed by atoms with Gasteiger partial charge in [0.25, 0.3) is 5.91 Å². The third kappa shape index (κ3) is 4.79. The molecule has 1 aromatic carbocycles. The molecule has 28 heavy (non-hydrogen) atoms. The van der Waals surface area contributed by atoms with Gasteiger partial charge in [-0.25, -0.2) is 13.4 Å². The fraction of sp³-hybridized carbons (Fsp3) is 0.500.